The summed E-state index contributed by atoms with van der Waals surface area (Å²) in [6.07, 6.45) is 0.798. The molecule has 0 atom stereocenters. The van der Waals surface area contributed by atoms with Gasteiger partial charge in [-0.1, -0.05) is 12.1 Å². The molecule has 2 aromatic rings. The fraction of sp³-hybridized carbons (Fsp3) is 0.474. The Hall–Kier alpha value is -2.38. The number of hydrogen-bond acceptors (Lipinski definition) is 6. The van der Waals surface area contributed by atoms with Gasteiger partial charge in [-0.15, -0.1) is 0 Å². The predicted molar refractivity (Wildman–Crippen MR) is 98.7 cm³/mol. The van der Waals surface area contributed by atoms with Gasteiger partial charge in [0.1, 0.15) is 5.75 Å². The van der Waals surface area contributed by atoms with Gasteiger partial charge in [0.25, 0.3) is 5.56 Å². The van der Waals surface area contributed by atoms with E-state index in [1.807, 2.05) is 12.1 Å². The van der Waals surface area contributed by atoms with Crippen molar-refractivity contribution in [2.45, 2.75) is 19.5 Å². The number of aromatic amines is 1. The van der Waals surface area contributed by atoms with Gasteiger partial charge in [0.05, 0.1) is 31.6 Å². The molecule has 138 valence electrons. The van der Waals surface area contributed by atoms with E-state index < -0.39 is 0 Å². The lowest BCUT2D eigenvalue weighted by Crippen LogP contribution is -2.40. The van der Waals surface area contributed by atoms with Crippen molar-refractivity contribution in [1.82, 2.24) is 14.9 Å². The van der Waals surface area contributed by atoms with E-state index in [-0.39, 0.29) is 5.56 Å². The third-order valence-electron chi connectivity index (χ3n) is 5.01. The SMILES string of the molecule is COc1ccc(CN2CCc3nc(N4CCOCC4)[nH]c(=O)c3C2)cc1. The molecule has 0 aliphatic carbocycles. The summed E-state index contributed by atoms with van der Waals surface area (Å²) in [4.78, 5) is 24.7. The number of anilines is 1. The van der Waals surface area contributed by atoms with Gasteiger partial charge in [-0.25, -0.2) is 4.98 Å². The highest BCUT2D eigenvalue weighted by atomic mass is 16.5. The van der Waals surface area contributed by atoms with E-state index >= 15 is 0 Å². The zero-order chi connectivity index (χ0) is 17.9. The standard InChI is InChI=1S/C19H24N4O3/c1-25-15-4-2-14(3-5-15)12-22-7-6-17-16(13-22)18(24)21-19(20-17)23-8-10-26-11-9-23/h2-5H,6-13H2,1H3,(H,20,21,24). The molecule has 1 saturated heterocycles. The lowest BCUT2D eigenvalue weighted by atomic mass is 10.1. The van der Waals surface area contributed by atoms with Gasteiger partial charge in [0.2, 0.25) is 5.95 Å². The number of rotatable bonds is 4. The number of H-pyrrole nitrogens is 1. The summed E-state index contributed by atoms with van der Waals surface area (Å²) in [6, 6.07) is 8.07. The molecule has 0 spiro atoms. The van der Waals surface area contributed by atoms with Crippen LogP contribution in [0.15, 0.2) is 29.1 Å². The number of aromatic nitrogens is 2. The molecule has 3 heterocycles. The summed E-state index contributed by atoms with van der Waals surface area (Å²) < 4.78 is 10.6. The number of morpholine rings is 1. The number of nitrogens with one attached hydrogen (secondary N) is 1. The monoisotopic (exact) mass is 356 g/mol. The number of fused-ring (bicyclic) bond motifs is 1. The fourth-order valence-corrected chi connectivity index (χ4v) is 3.52. The third kappa shape index (κ3) is 3.59. The van der Waals surface area contributed by atoms with Crippen LogP contribution in [0.5, 0.6) is 5.75 Å². The van der Waals surface area contributed by atoms with E-state index in [2.05, 4.69) is 26.9 Å². The largest absolute Gasteiger partial charge is 0.497 e. The molecule has 2 aliphatic heterocycles. The van der Waals surface area contributed by atoms with Crippen molar-refractivity contribution in [2.75, 3.05) is 44.9 Å². The molecule has 7 heteroatoms. The molecule has 26 heavy (non-hydrogen) atoms. The van der Waals surface area contributed by atoms with Crippen molar-refractivity contribution >= 4 is 5.95 Å². The van der Waals surface area contributed by atoms with Crippen molar-refractivity contribution in [2.24, 2.45) is 0 Å². The number of benzene rings is 1. The minimum absolute atomic E-state index is 0.0177. The molecule has 7 nitrogen and oxygen atoms in total. The predicted octanol–water partition coefficient (Wildman–Crippen LogP) is 1.17. The van der Waals surface area contributed by atoms with Crippen LogP contribution in [0.1, 0.15) is 16.8 Å². The Morgan fingerprint density at radius 3 is 2.69 bits per heavy atom. The second kappa shape index (κ2) is 7.47. The van der Waals surface area contributed by atoms with E-state index in [9.17, 15) is 4.79 Å². The molecule has 4 rings (SSSR count). The molecule has 0 unspecified atom stereocenters. The van der Waals surface area contributed by atoms with Gasteiger partial charge in [-0.05, 0) is 17.7 Å². The van der Waals surface area contributed by atoms with Crippen LogP contribution in [0.2, 0.25) is 0 Å². The first-order chi connectivity index (χ1) is 12.7. The Kier molecular flexibility index (Phi) is 4.90. The topological polar surface area (TPSA) is 70.7 Å². The van der Waals surface area contributed by atoms with Crippen LogP contribution in [0, 0.1) is 0 Å². The summed E-state index contributed by atoms with van der Waals surface area (Å²) in [7, 11) is 1.67. The molecule has 1 N–H and O–H groups in total. The average Bonchev–Trinajstić information content (AvgIpc) is 2.69. The minimum Gasteiger partial charge on any atom is -0.497 e. The zero-order valence-corrected chi connectivity index (χ0v) is 15.0. The first-order valence-corrected chi connectivity index (χ1v) is 9.03. The highest BCUT2D eigenvalue weighted by molar-refractivity contribution is 5.35. The maximum Gasteiger partial charge on any atom is 0.257 e. The van der Waals surface area contributed by atoms with Crippen molar-refractivity contribution in [3.05, 3.63) is 51.4 Å². The van der Waals surface area contributed by atoms with E-state index in [1.54, 1.807) is 7.11 Å². The van der Waals surface area contributed by atoms with Crippen LogP contribution in [0.4, 0.5) is 5.95 Å². The second-order valence-electron chi connectivity index (χ2n) is 6.72. The molecule has 0 radical (unpaired) electrons. The molecule has 0 bridgehead atoms. The molecule has 1 fully saturated rings. The third-order valence-corrected chi connectivity index (χ3v) is 5.01. The number of nitrogens with zero attached hydrogens (tertiary/aromatic N) is 3. The highest BCUT2D eigenvalue weighted by Gasteiger charge is 2.23. The lowest BCUT2D eigenvalue weighted by Gasteiger charge is -2.30. The van der Waals surface area contributed by atoms with Crippen LogP contribution in [0.3, 0.4) is 0 Å². The van der Waals surface area contributed by atoms with Crippen LogP contribution in [-0.4, -0.2) is 54.8 Å². The van der Waals surface area contributed by atoms with Gasteiger partial charge < -0.3 is 14.4 Å². The number of hydrogen-bond donors (Lipinski definition) is 1. The van der Waals surface area contributed by atoms with Gasteiger partial charge in [0, 0.05) is 39.1 Å². The van der Waals surface area contributed by atoms with Crippen molar-refractivity contribution in [1.29, 1.82) is 0 Å². The fourth-order valence-electron chi connectivity index (χ4n) is 3.52. The van der Waals surface area contributed by atoms with Gasteiger partial charge in [-0.2, -0.15) is 0 Å². The Morgan fingerprint density at radius 1 is 1.19 bits per heavy atom. The first kappa shape index (κ1) is 17.1. The van der Waals surface area contributed by atoms with E-state index in [0.29, 0.717) is 25.7 Å². The van der Waals surface area contributed by atoms with E-state index in [0.717, 1.165) is 49.6 Å². The maximum atomic E-state index is 12.6. The molecule has 1 aromatic heterocycles. The van der Waals surface area contributed by atoms with Gasteiger partial charge in [-0.3, -0.25) is 14.7 Å². The molecule has 0 saturated carbocycles. The molecular formula is C19H24N4O3. The molecule has 2 aliphatic rings. The first-order valence-electron chi connectivity index (χ1n) is 9.03. The van der Waals surface area contributed by atoms with Crippen LogP contribution >= 0.6 is 0 Å². The Morgan fingerprint density at radius 2 is 1.96 bits per heavy atom. The number of ether oxygens (including phenoxy) is 2. The summed E-state index contributed by atoms with van der Waals surface area (Å²) in [5.41, 5.74) is 2.92. The van der Waals surface area contributed by atoms with Crippen LogP contribution in [-0.2, 0) is 24.2 Å². The molecular weight excluding hydrogens is 332 g/mol. The van der Waals surface area contributed by atoms with E-state index in [4.69, 9.17) is 14.5 Å². The van der Waals surface area contributed by atoms with Crippen molar-refractivity contribution < 1.29 is 9.47 Å². The normalized spacial score (nSPS) is 17.8. The lowest BCUT2D eigenvalue weighted by molar-refractivity contribution is 0.122. The van der Waals surface area contributed by atoms with Crippen molar-refractivity contribution in [3.8, 4) is 5.75 Å². The van der Waals surface area contributed by atoms with E-state index in [1.165, 1.54) is 5.56 Å². The average molecular weight is 356 g/mol. The van der Waals surface area contributed by atoms with Crippen LogP contribution in [0.25, 0.3) is 0 Å². The second-order valence-corrected chi connectivity index (χ2v) is 6.72. The summed E-state index contributed by atoms with van der Waals surface area (Å²) >= 11 is 0. The van der Waals surface area contributed by atoms with Crippen LogP contribution < -0.4 is 15.2 Å². The molecule has 1 aromatic carbocycles. The summed E-state index contributed by atoms with van der Waals surface area (Å²) in [6.45, 7) is 5.24. The highest BCUT2D eigenvalue weighted by Crippen LogP contribution is 2.20. The van der Waals surface area contributed by atoms with Gasteiger partial charge >= 0.3 is 0 Å². The zero-order valence-electron chi connectivity index (χ0n) is 15.0. The summed E-state index contributed by atoms with van der Waals surface area (Å²) in [5.74, 6) is 1.54. The molecule has 0 amide bonds. The minimum atomic E-state index is -0.0177. The number of methoxy groups -OCH3 is 1. The Labute approximate surface area is 152 Å². The quantitative estimate of drug-likeness (QED) is 0.887. The smallest absolute Gasteiger partial charge is 0.257 e. The van der Waals surface area contributed by atoms with Crippen molar-refractivity contribution in [3.63, 3.8) is 0 Å². The Balaban J connectivity index is 1.48. The summed E-state index contributed by atoms with van der Waals surface area (Å²) in [5, 5.41) is 0. The maximum absolute atomic E-state index is 12.6. The van der Waals surface area contributed by atoms with Gasteiger partial charge in [0.15, 0.2) is 0 Å². The Bertz CT molecular complexity index is 813.